The fourth-order valence-corrected chi connectivity index (χ4v) is 3.26. The van der Waals surface area contributed by atoms with Crippen LogP contribution in [0.25, 0.3) is 0 Å². The Morgan fingerprint density at radius 2 is 2.16 bits per heavy atom. The molecule has 1 aromatic rings. The number of carboxylic acids is 1. The van der Waals surface area contributed by atoms with Crippen molar-refractivity contribution in [3.05, 3.63) is 29.8 Å². The minimum absolute atomic E-state index is 0.0825. The highest BCUT2D eigenvalue weighted by Crippen LogP contribution is 2.50. The highest BCUT2D eigenvalue weighted by Gasteiger charge is 2.43. The van der Waals surface area contributed by atoms with Crippen LogP contribution in [0.15, 0.2) is 24.3 Å². The molecule has 1 aromatic carbocycles. The van der Waals surface area contributed by atoms with E-state index in [2.05, 4.69) is 0 Å². The molecule has 2 rings (SSSR count). The Balaban J connectivity index is 1.63. The lowest BCUT2D eigenvalue weighted by Crippen LogP contribution is -2.12. The second-order valence-corrected chi connectivity index (χ2v) is 6.34. The van der Waals surface area contributed by atoms with Gasteiger partial charge in [0.15, 0.2) is 0 Å². The second kappa shape index (κ2) is 6.33. The van der Waals surface area contributed by atoms with E-state index in [0.717, 1.165) is 35.7 Å². The van der Waals surface area contributed by atoms with Gasteiger partial charge in [0.1, 0.15) is 5.75 Å². The largest absolute Gasteiger partial charge is 0.492 e. The molecule has 3 nitrogen and oxygen atoms in total. The van der Waals surface area contributed by atoms with E-state index in [1.807, 2.05) is 31.2 Å². The number of para-hydroxylation sites is 1. The number of aryl methyl sites for hydroxylation is 1. The SMILES string of the molecule is Cc1ccccc1OCCSCC1(CC(=O)O)CC1. The monoisotopic (exact) mass is 280 g/mol. The minimum atomic E-state index is -0.672. The first kappa shape index (κ1) is 14.3. The number of rotatable bonds is 8. The van der Waals surface area contributed by atoms with Crippen molar-refractivity contribution < 1.29 is 14.6 Å². The summed E-state index contributed by atoms with van der Waals surface area (Å²) in [4.78, 5) is 10.7. The van der Waals surface area contributed by atoms with Gasteiger partial charge in [-0.15, -0.1) is 0 Å². The van der Waals surface area contributed by atoms with Crippen LogP contribution in [0, 0.1) is 12.3 Å². The summed E-state index contributed by atoms with van der Waals surface area (Å²) >= 11 is 1.80. The summed E-state index contributed by atoms with van der Waals surface area (Å²) in [5.74, 6) is 2.12. The van der Waals surface area contributed by atoms with E-state index in [-0.39, 0.29) is 5.41 Å². The summed E-state index contributed by atoms with van der Waals surface area (Å²) < 4.78 is 5.72. The molecule has 1 aliphatic carbocycles. The van der Waals surface area contributed by atoms with Crippen molar-refractivity contribution in [2.24, 2.45) is 5.41 Å². The van der Waals surface area contributed by atoms with Crippen LogP contribution in [0.4, 0.5) is 0 Å². The molecule has 0 radical (unpaired) electrons. The lowest BCUT2D eigenvalue weighted by Gasteiger charge is -2.12. The van der Waals surface area contributed by atoms with E-state index >= 15 is 0 Å². The lowest BCUT2D eigenvalue weighted by molar-refractivity contribution is -0.138. The van der Waals surface area contributed by atoms with Gasteiger partial charge in [-0.3, -0.25) is 4.79 Å². The Hall–Kier alpha value is -1.16. The Bertz CT molecular complexity index is 441. The molecule has 0 unspecified atom stereocenters. The van der Waals surface area contributed by atoms with E-state index < -0.39 is 5.97 Å². The van der Waals surface area contributed by atoms with Crippen molar-refractivity contribution in [3.63, 3.8) is 0 Å². The molecule has 1 saturated carbocycles. The fraction of sp³-hybridized carbons (Fsp3) is 0.533. The molecule has 0 bridgehead atoms. The van der Waals surface area contributed by atoms with Crippen molar-refractivity contribution in [3.8, 4) is 5.75 Å². The predicted octanol–water partition coefficient (Wildman–Crippen LogP) is 3.36. The molecular formula is C15H20O3S. The van der Waals surface area contributed by atoms with Gasteiger partial charge in [0, 0.05) is 5.75 Å². The Morgan fingerprint density at radius 3 is 2.79 bits per heavy atom. The Kier molecular flexibility index (Phi) is 4.75. The van der Waals surface area contributed by atoms with Gasteiger partial charge in [-0.1, -0.05) is 18.2 Å². The van der Waals surface area contributed by atoms with Crippen molar-refractivity contribution in [2.75, 3.05) is 18.1 Å². The fourth-order valence-electron chi connectivity index (χ4n) is 2.09. The van der Waals surface area contributed by atoms with Crippen LogP contribution in [0.3, 0.4) is 0 Å². The summed E-state index contributed by atoms with van der Waals surface area (Å²) in [6.07, 6.45) is 2.44. The number of thioether (sulfide) groups is 1. The average Bonchev–Trinajstić information content (AvgIpc) is 3.10. The number of aliphatic carboxylic acids is 1. The minimum Gasteiger partial charge on any atom is -0.492 e. The van der Waals surface area contributed by atoms with Crippen molar-refractivity contribution in [1.29, 1.82) is 0 Å². The van der Waals surface area contributed by atoms with Gasteiger partial charge in [-0.2, -0.15) is 11.8 Å². The van der Waals surface area contributed by atoms with Crippen molar-refractivity contribution in [1.82, 2.24) is 0 Å². The number of ether oxygens (including phenoxy) is 1. The molecule has 0 spiro atoms. The van der Waals surface area contributed by atoms with Gasteiger partial charge in [0.05, 0.1) is 13.0 Å². The molecular weight excluding hydrogens is 260 g/mol. The van der Waals surface area contributed by atoms with Gasteiger partial charge < -0.3 is 9.84 Å². The average molecular weight is 280 g/mol. The van der Waals surface area contributed by atoms with Crippen LogP contribution < -0.4 is 4.74 Å². The standard InChI is InChI=1S/C15H20O3S/c1-12-4-2-3-5-13(12)18-8-9-19-11-15(6-7-15)10-14(16)17/h2-5H,6-11H2,1H3,(H,16,17). The normalized spacial score (nSPS) is 16.1. The first-order valence-corrected chi connectivity index (χ1v) is 7.75. The maximum absolute atomic E-state index is 10.7. The van der Waals surface area contributed by atoms with Crippen LogP contribution in [-0.2, 0) is 4.79 Å². The molecule has 0 aliphatic heterocycles. The predicted molar refractivity (Wildman–Crippen MR) is 77.9 cm³/mol. The Labute approximate surface area is 118 Å². The summed E-state index contributed by atoms with van der Waals surface area (Å²) in [7, 11) is 0. The van der Waals surface area contributed by atoms with Gasteiger partial charge in [0.25, 0.3) is 0 Å². The number of hydrogen-bond acceptors (Lipinski definition) is 3. The van der Waals surface area contributed by atoms with Gasteiger partial charge in [0.2, 0.25) is 0 Å². The zero-order valence-electron chi connectivity index (χ0n) is 11.2. The maximum atomic E-state index is 10.7. The van der Waals surface area contributed by atoms with E-state index in [0.29, 0.717) is 13.0 Å². The molecule has 1 aliphatic rings. The van der Waals surface area contributed by atoms with Crippen LogP contribution in [0.5, 0.6) is 5.75 Å². The first-order valence-electron chi connectivity index (χ1n) is 6.59. The van der Waals surface area contributed by atoms with E-state index in [9.17, 15) is 4.79 Å². The number of hydrogen-bond donors (Lipinski definition) is 1. The summed E-state index contributed by atoms with van der Waals surface area (Å²) in [5, 5.41) is 8.84. The topological polar surface area (TPSA) is 46.5 Å². The third-order valence-electron chi connectivity index (χ3n) is 3.47. The van der Waals surface area contributed by atoms with E-state index in [4.69, 9.17) is 9.84 Å². The number of benzene rings is 1. The zero-order chi connectivity index (χ0) is 13.7. The molecule has 0 amide bonds. The molecule has 4 heteroatoms. The second-order valence-electron chi connectivity index (χ2n) is 5.24. The summed E-state index contributed by atoms with van der Waals surface area (Å²) in [5.41, 5.74) is 1.23. The van der Waals surface area contributed by atoms with Gasteiger partial charge >= 0.3 is 5.97 Å². The molecule has 0 atom stereocenters. The van der Waals surface area contributed by atoms with Crippen molar-refractivity contribution >= 4 is 17.7 Å². The molecule has 104 valence electrons. The smallest absolute Gasteiger partial charge is 0.303 e. The Morgan fingerprint density at radius 1 is 1.42 bits per heavy atom. The highest BCUT2D eigenvalue weighted by atomic mass is 32.2. The van der Waals surface area contributed by atoms with Gasteiger partial charge in [-0.25, -0.2) is 0 Å². The van der Waals surface area contributed by atoms with Crippen LogP contribution in [0.1, 0.15) is 24.8 Å². The van der Waals surface area contributed by atoms with Crippen LogP contribution >= 0.6 is 11.8 Å². The number of carbonyl (C=O) groups is 1. The van der Waals surface area contributed by atoms with Crippen LogP contribution in [-0.4, -0.2) is 29.2 Å². The molecule has 1 fully saturated rings. The maximum Gasteiger partial charge on any atom is 0.303 e. The molecule has 0 heterocycles. The van der Waals surface area contributed by atoms with E-state index in [1.165, 1.54) is 0 Å². The highest BCUT2D eigenvalue weighted by molar-refractivity contribution is 7.99. The third-order valence-corrected chi connectivity index (χ3v) is 4.74. The lowest BCUT2D eigenvalue weighted by atomic mass is 10.1. The zero-order valence-corrected chi connectivity index (χ0v) is 12.0. The third kappa shape index (κ3) is 4.46. The molecule has 1 N–H and O–H groups in total. The first-order chi connectivity index (χ1) is 9.11. The van der Waals surface area contributed by atoms with Gasteiger partial charge in [-0.05, 0) is 42.6 Å². The summed E-state index contributed by atoms with van der Waals surface area (Å²) in [6, 6.07) is 7.99. The van der Waals surface area contributed by atoms with E-state index in [1.54, 1.807) is 11.8 Å². The quantitative estimate of drug-likeness (QED) is 0.742. The molecule has 0 aromatic heterocycles. The number of carboxylic acid groups (broad SMARTS) is 1. The molecule has 19 heavy (non-hydrogen) atoms. The summed E-state index contributed by atoms with van der Waals surface area (Å²) in [6.45, 7) is 2.72. The van der Waals surface area contributed by atoms with Crippen molar-refractivity contribution in [2.45, 2.75) is 26.2 Å². The molecule has 0 saturated heterocycles. The van der Waals surface area contributed by atoms with Crippen LogP contribution in [0.2, 0.25) is 0 Å².